The summed E-state index contributed by atoms with van der Waals surface area (Å²) in [6, 6.07) is -0.0759. The number of nitrogens with zero attached hydrogens (tertiary/aromatic N) is 4. The zero-order chi connectivity index (χ0) is 12.3. The Kier molecular flexibility index (Phi) is 3.15. The highest BCUT2D eigenvalue weighted by molar-refractivity contribution is 6.18. The first-order chi connectivity index (χ1) is 8.26. The molecule has 0 aliphatic heterocycles. The number of hydrogen-bond acceptors (Lipinski definition) is 6. The Morgan fingerprint density at radius 1 is 1.47 bits per heavy atom. The third-order valence-electron chi connectivity index (χ3n) is 1.91. The van der Waals surface area contributed by atoms with Gasteiger partial charge in [0.25, 0.3) is 5.56 Å². The molecule has 88 valence electrons. The van der Waals surface area contributed by atoms with Gasteiger partial charge in [0.05, 0.1) is 0 Å². The fourth-order valence-corrected chi connectivity index (χ4v) is 1.39. The van der Waals surface area contributed by atoms with E-state index in [2.05, 4.69) is 25.4 Å². The Bertz CT molecular complexity index is 600. The van der Waals surface area contributed by atoms with E-state index in [1.807, 2.05) is 0 Å². The average molecular weight is 255 g/mol. The first-order valence-electron chi connectivity index (χ1n) is 4.50. The number of aromatic amines is 1. The van der Waals surface area contributed by atoms with Crippen LogP contribution >= 0.6 is 11.6 Å². The van der Waals surface area contributed by atoms with E-state index in [1.54, 1.807) is 0 Å². The number of carbonyl (C=O) groups excluding carboxylic acids is 1. The van der Waals surface area contributed by atoms with E-state index in [0.29, 0.717) is 6.41 Å². The SMILES string of the molecule is O=CNN(CCl)c1nc2nccnc2c(=O)[nH]1. The van der Waals surface area contributed by atoms with Crippen LogP contribution in [0.1, 0.15) is 0 Å². The Morgan fingerprint density at radius 3 is 2.94 bits per heavy atom. The third-order valence-corrected chi connectivity index (χ3v) is 2.15. The molecule has 0 aliphatic carbocycles. The Labute approximate surface area is 99.6 Å². The molecule has 0 aliphatic rings. The van der Waals surface area contributed by atoms with Gasteiger partial charge in [-0.15, -0.1) is 11.6 Å². The molecule has 0 saturated heterocycles. The number of rotatable bonds is 4. The van der Waals surface area contributed by atoms with Gasteiger partial charge >= 0.3 is 0 Å². The number of anilines is 1. The van der Waals surface area contributed by atoms with Crippen molar-refractivity contribution in [1.82, 2.24) is 25.4 Å². The van der Waals surface area contributed by atoms with E-state index in [9.17, 15) is 9.59 Å². The lowest BCUT2D eigenvalue weighted by molar-refractivity contribution is -0.109. The van der Waals surface area contributed by atoms with E-state index < -0.39 is 5.56 Å². The lowest BCUT2D eigenvalue weighted by Gasteiger charge is -2.17. The minimum absolute atomic E-state index is 0.0759. The molecular formula is C8H7ClN6O2. The van der Waals surface area contributed by atoms with Gasteiger partial charge in [-0.1, -0.05) is 0 Å². The maximum atomic E-state index is 11.6. The van der Waals surface area contributed by atoms with E-state index in [-0.39, 0.29) is 23.1 Å². The molecule has 2 aromatic rings. The van der Waals surface area contributed by atoms with Crippen LogP contribution in [0.2, 0.25) is 0 Å². The summed E-state index contributed by atoms with van der Waals surface area (Å²) >= 11 is 5.59. The van der Waals surface area contributed by atoms with Crippen molar-refractivity contribution in [1.29, 1.82) is 0 Å². The minimum Gasteiger partial charge on any atom is -0.289 e. The van der Waals surface area contributed by atoms with Crippen LogP contribution in [0.25, 0.3) is 11.2 Å². The number of alkyl halides is 1. The summed E-state index contributed by atoms with van der Waals surface area (Å²) < 4.78 is 0. The predicted octanol–water partition coefficient (Wildman–Crippen LogP) is -0.623. The van der Waals surface area contributed by atoms with Crippen LogP contribution in [0.3, 0.4) is 0 Å². The average Bonchev–Trinajstić information content (AvgIpc) is 2.36. The fraction of sp³-hybridized carbons (Fsp3) is 0.125. The maximum absolute atomic E-state index is 11.6. The van der Waals surface area contributed by atoms with Crippen LogP contribution in [0, 0.1) is 0 Å². The Morgan fingerprint density at radius 2 is 2.24 bits per heavy atom. The highest BCUT2D eigenvalue weighted by atomic mass is 35.5. The van der Waals surface area contributed by atoms with Crippen LogP contribution in [0.4, 0.5) is 5.95 Å². The summed E-state index contributed by atoms with van der Waals surface area (Å²) in [7, 11) is 0. The van der Waals surface area contributed by atoms with Gasteiger partial charge in [0.2, 0.25) is 12.4 Å². The van der Waals surface area contributed by atoms with E-state index in [0.717, 1.165) is 5.01 Å². The number of halogens is 1. The highest BCUT2D eigenvalue weighted by Gasteiger charge is 2.10. The predicted molar refractivity (Wildman–Crippen MR) is 60.4 cm³/mol. The third kappa shape index (κ3) is 2.16. The summed E-state index contributed by atoms with van der Waals surface area (Å²) in [5, 5.41) is 1.16. The van der Waals surface area contributed by atoms with Crippen molar-refractivity contribution in [3.05, 3.63) is 22.7 Å². The lowest BCUT2D eigenvalue weighted by Crippen LogP contribution is -2.38. The van der Waals surface area contributed by atoms with Crippen molar-refractivity contribution in [3.8, 4) is 0 Å². The van der Waals surface area contributed by atoms with Crippen LogP contribution in [-0.4, -0.2) is 32.3 Å². The molecule has 0 atom stereocenters. The largest absolute Gasteiger partial charge is 0.289 e. The summed E-state index contributed by atoms with van der Waals surface area (Å²) in [4.78, 5) is 36.2. The Hall–Kier alpha value is -2.22. The number of aromatic nitrogens is 4. The van der Waals surface area contributed by atoms with Gasteiger partial charge < -0.3 is 0 Å². The van der Waals surface area contributed by atoms with Crippen LogP contribution in [0.5, 0.6) is 0 Å². The van der Waals surface area contributed by atoms with Gasteiger partial charge in [0.15, 0.2) is 11.2 Å². The standard InChI is InChI=1S/C8H7ClN6O2/c9-3-15(12-4-16)8-13-6-5(7(17)14-8)10-1-2-11-6/h1-2,4H,3H2,(H,12,16)(H,11,13,14,17). The molecular weight excluding hydrogens is 248 g/mol. The quantitative estimate of drug-likeness (QED) is 0.326. The second-order valence-electron chi connectivity index (χ2n) is 2.91. The minimum atomic E-state index is -0.457. The highest BCUT2D eigenvalue weighted by Crippen LogP contribution is 2.06. The van der Waals surface area contributed by atoms with E-state index in [1.165, 1.54) is 12.4 Å². The second kappa shape index (κ2) is 4.74. The summed E-state index contributed by atoms with van der Waals surface area (Å²) in [5.41, 5.74) is 2.12. The number of hydrazine groups is 1. The molecule has 2 N–H and O–H groups in total. The molecule has 0 unspecified atom stereocenters. The number of hydrogen-bond donors (Lipinski definition) is 2. The van der Waals surface area contributed by atoms with Gasteiger partial charge in [-0.3, -0.25) is 20.0 Å². The zero-order valence-corrected chi connectivity index (χ0v) is 9.18. The zero-order valence-electron chi connectivity index (χ0n) is 8.42. The number of fused-ring (bicyclic) bond motifs is 1. The van der Waals surface area contributed by atoms with E-state index >= 15 is 0 Å². The molecule has 0 bridgehead atoms. The number of carbonyl (C=O) groups is 1. The maximum Gasteiger partial charge on any atom is 0.280 e. The van der Waals surface area contributed by atoms with Crippen molar-refractivity contribution in [2.75, 3.05) is 11.0 Å². The molecule has 2 aromatic heterocycles. The van der Waals surface area contributed by atoms with Crippen molar-refractivity contribution in [2.24, 2.45) is 0 Å². The van der Waals surface area contributed by atoms with E-state index in [4.69, 9.17) is 11.6 Å². The topological polar surface area (TPSA) is 104 Å². The smallest absolute Gasteiger partial charge is 0.280 e. The summed E-state index contributed by atoms with van der Waals surface area (Å²) in [6.45, 7) is 0. The summed E-state index contributed by atoms with van der Waals surface area (Å²) in [5.74, 6) is 0.0881. The molecule has 0 radical (unpaired) electrons. The van der Waals surface area contributed by atoms with Gasteiger partial charge in [-0.2, -0.15) is 4.98 Å². The van der Waals surface area contributed by atoms with Gasteiger partial charge in [-0.25, -0.2) is 15.0 Å². The number of amides is 1. The number of H-pyrrole nitrogens is 1. The first kappa shape index (κ1) is 11.3. The monoisotopic (exact) mass is 254 g/mol. The van der Waals surface area contributed by atoms with Crippen molar-refractivity contribution in [2.45, 2.75) is 0 Å². The molecule has 9 heteroatoms. The van der Waals surface area contributed by atoms with Crippen LogP contribution < -0.4 is 16.0 Å². The first-order valence-corrected chi connectivity index (χ1v) is 5.04. The molecule has 1 amide bonds. The fourth-order valence-electron chi connectivity index (χ4n) is 1.21. The molecule has 8 nitrogen and oxygen atoms in total. The molecule has 17 heavy (non-hydrogen) atoms. The van der Waals surface area contributed by atoms with Gasteiger partial charge in [0.1, 0.15) is 6.00 Å². The normalized spacial score (nSPS) is 10.2. The molecule has 0 spiro atoms. The van der Waals surface area contributed by atoms with Crippen molar-refractivity contribution >= 4 is 35.1 Å². The molecule has 2 heterocycles. The molecule has 2 rings (SSSR count). The Balaban J connectivity index is 2.56. The van der Waals surface area contributed by atoms with Crippen molar-refractivity contribution < 1.29 is 4.79 Å². The molecule has 0 saturated carbocycles. The van der Waals surface area contributed by atoms with Crippen molar-refractivity contribution in [3.63, 3.8) is 0 Å². The van der Waals surface area contributed by atoms with Crippen LogP contribution in [0.15, 0.2) is 17.2 Å². The van der Waals surface area contributed by atoms with Gasteiger partial charge in [0, 0.05) is 12.4 Å². The van der Waals surface area contributed by atoms with Gasteiger partial charge in [-0.05, 0) is 0 Å². The molecule has 0 fully saturated rings. The second-order valence-corrected chi connectivity index (χ2v) is 3.15. The lowest BCUT2D eigenvalue weighted by atomic mass is 10.5. The molecule has 0 aromatic carbocycles. The van der Waals surface area contributed by atoms with Crippen LogP contribution in [-0.2, 0) is 4.79 Å². The summed E-state index contributed by atoms with van der Waals surface area (Å²) in [6.07, 6.45) is 3.22. The number of nitrogens with one attached hydrogen (secondary N) is 2.